The van der Waals surface area contributed by atoms with Crippen molar-refractivity contribution in [2.24, 2.45) is 0 Å². The minimum Gasteiger partial charge on any atom is -0.444 e. The Hall–Kier alpha value is -5.12. The summed E-state index contributed by atoms with van der Waals surface area (Å²) in [6.07, 6.45) is 3.13. The van der Waals surface area contributed by atoms with E-state index in [4.69, 9.17) is 9.47 Å². The highest BCUT2D eigenvalue weighted by Crippen LogP contribution is 2.48. The van der Waals surface area contributed by atoms with Crippen LogP contribution < -0.4 is 15.5 Å². The lowest BCUT2D eigenvalue weighted by molar-refractivity contribution is 0.0240. The number of nitrogens with zero attached hydrogens (tertiary/aromatic N) is 3. The summed E-state index contributed by atoms with van der Waals surface area (Å²) in [5.41, 5.74) is 4.16. The van der Waals surface area contributed by atoms with E-state index in [-0.39, 0.29) is 11.8 Å². The number of hydrogen-bond donors (Lipinski definition) is 2. The van der Waals surface area contributed by atoms with Crippen molar-refractivity contribution in [2.45, 2.75) is 71.5 Å². The molecule has 1 saturated heterocycles. The molecule has 2 fully saturated rings. The van der Waals surface area contributed by atoms with Gasteiger partial charge in [-0.2, -0.15) is 0 Å². The second kappa shape index (κ2) is 13.4. The van der Waals surface area contributed by atoms with Crippen LogP contribution in [0, 0.1) is 0 Å². The van der Waals surface area contributed by atoms with Gasteiger partial charge < -0.3 is 24.6 Å². The average molecular weight is 664 g/mol. The molecule has 10 heteroatoms. The summed E-state index contributed by atoms with van der Waals surface area (Å²) in [6, 6.07) is 21.3. The molecule has 0 bridgehead atoms. The van der Waals surface area contributed by atoms with E-state index in [0.717, 1.165) is 40.4 Å². The fourth-order valence-corrected chi connectivity index (χ4v) is 6.05. The SMILES string of the molecule is CC(C)(C)OC(=O)Nc1ccc(-c2ccccc2)cc1NC(=O)c1cc2ccc(N3CCN(C(=O)OC(C)(C)C)CC3)c(C3CC3)c2cn1. The van der Waals surface area contributed by atoms with Crippen LogP contribution in [-0.4, -0.2) is 65.4 Å². The van der Waals surface area contributed by atoms with Gasteiger partial charge in [-0.25, -0.2) is 9.59 Å². The third kappa shape index (κ3) is 8.31. The highest BCUT2D eigenvalue weighted by molar-refractivity contribution is 6.08. The third-order valence-electron chi connectivity index (χ3n) is 8.42. The first-order valence-corrected chi connectivity index (χ1v) is 16.9. The number of piperazine rings is 1. The van der Waals surface area contributed by atoms with Crippen LogP contribution in [0.5, 0.6) is 0 Å². The van der Waals surface area contributed by atoms with E-state index >= 15 is 0 Å². The zero-order valence-corrected chi connectivity index (χ0v) is 29.1. The van der Waals surface area contributed by atoms with E-state index in [9.17, 15) is 14.4 Å². The molecule has 3 amide bonds. The summed E-state index contributed by atoms with van der Waals surface area (Å²) in [6.45, 7) is 13.6. The van der Waals surface area contributed by atoms with Gasteiger partial charge in [0.2, 0.25) is 0 Å². The maximum atomic E-state index is 13.7. The summed E-state index contributed by atoms with van der Waals surface area (Å²) in [5, 5.41) is 7.74. The highest BCUT2D eigenvalue weighted by Gasteiger charge is 2.32. The second-order valence-corrected chi connectivity index (χ2v) is 14.7. The molecule has 1 aromatic heterocycles. The van der Waals surface area contributed by atoms with Gasteiger partial charge in [-0.05, 0) is 107 Å². The molecular weight excluding hydrogens is 618 g/mol. The van der Waals surface area contributed by atoms with E-state index in [1.165, 1.54) is 5.56 Å². The van der Waals surface area contributed by atoms with Gasteiger partial charge in [0.1, 0.15) is 16.9 Å². The molecule has 1 saturated carbocycles. The van der Waals surface area contributed by atoms with E-state index in [1.807, 2.05) is 75.4 Å². The summed E-state index contributed by atoms with van der Waals surface area (Å²) in [5.74, 6) is 0.0425. The van der Waals surface area contributed by atoms with Crippen molar-refractivity contribution in [2.75, 3.05) is 41.7 Å². The van der Waals surface area contributed by atoms with Crippen molar-refractivity contribution in [1.82, 2.24) is 9.88 Å². The Morgan fingerprint density at radius 3 is 2.10 bits per heavy atom. The molecule has 2 N–H and O–H groups in total. The van der Waals surface area contributed by atoms with Gasteiger partial charge in [-0.3, -0.25) is 15.1 Å². The van der Waals surface area contributed by atoms with Crippen LogP contribution in [0.1, 0.15) is 76.4 Å². The van der Waals surface area contributed by atoms with Crippen LogP contribution in [0.2, 0.25) is 0 Å². The van der Waals surface area contributed by atoms with Crippen LogP contribution in [0.25, 0.3) is 21.9 Å². The van der Waals surface area contributed by atoms with Gasteiger partial charge in [0, 0.05) is 43.4 Å². The average Bonchev–Trinajstić information content (AvgIpc) is 3.89. The Labute approximate surface area is 287 Å². The fraction of sp³-hybridized carbons (Fsp3) is 0.385. The Kier molecular flexibility index (Phi) is 9.24. The van der Waals surface area contributed by atoms with Crippen LogP contribution in [0.15, 0.2) is 72.9 Å². The van der Waals surface area contributed by atoms with Crippen LogP contribution in [-0.2, 0) is 9.47 Å². The van der Waals surface area contributed by atoms with Crippen molar-refractivity contribution in [3.05, 3.63) is 84.2 Å². The fourth-order valence-electron chi connectivity index (χ4n) is 6.05. The maximum absolute atomic E-state index is 13.7. The van der Waals surface area contributed by atoms with Gasteiger partial charge in [-0.1, -0.05) is 42.5 Å². The molecule has 6 rings (SSSR count). The summed E-state index contributed by atoms with van der Waals surface area (Å²) in [7, 11) is 0. The Morgan fingerprint density at radius 1 is 0.755 bits per heavy atom. The standard InChI is InChI=1S/C39H45N5O5/c1-38(2,3)48-36(46)42-30-16-14-27(25-10-8-7-9-11-25)22-31(30)41-35(45)32-23-28-15-17-33(34(26-12-13-26)29(28)24-40-32)43-18-20-44(21-19-43)37(47)49-39(4,5)6/h7-11,14-17,22-24,26H,12-13,18-21H2,1-6H3,(H,41,45)(H,42,46). The summed E-state index contributed by atoms with van der Waals surface area (Å²) >= 11 is 0. The van der Waals surface area contributed by atoms with E-state index < -0.39 is 23.2 Å². The van der Waals surface area contributed by atoms with Crippen molar-refractivity contribution in [3.8, 4) is 11.1 Å². The quantitative estimate of drug-likeness (QED) is 0.213. The predicted molar refractivity (Wildman–Crippen MR) is 193 cm³/mol. The number of hydrogen-bond acceptors (Lipinski definition) is 7. The van der Waals surface area contributed by atoms with Crippen molar-refractivity contribution in [3.63, 3.8) is 0 Å². The molecule has 2 heterocycles. The maximum Gasteiger partial charge on any atom is 0.412 e. The van der Waals surface area contributed by atoms with Crippen molar-refractivity contribution in [1.29, 1.82) is 0 Å². The number of carbonyl (C=O) groups excluding carboxylic acids is 3. The zero-order chi connectivity index (χ0) is 34.9. The number of pyridine rings is 1. The highest BCUT2D eigenvalue weighted by atomic mass is 16.6. The number of amides is 3. The molecule has 0 radical (unpaired) electrons. The Balaban J connectivity index is 1.24. The number of rotatable bonds is 6. The topological polar surface area (TPSA) is 113 Å². The normalized spacial score (nSPS) is 15.1. The molecule has 4 aromatic rings. The molecule has 3 aromatic carbocycles. The first-order valence-electron chi connectivity index (χ1n) is 16.9. The lowest BCUT2D eigenvalue weighted by atomic mass is 9.98. The van der Waals surface area contributed by atoms with E-state index in [0.29, 0.717) is 43.5 Å². The van der Waals surface area contributed by atoms with Crippen LogP contribution >= 0.6 is 0 Å². The van der Waals surface area contributed by atoms with Gasteiger partial charge >= 0.3 is 12.2 Å². The Morgan fingerprint density at radius 2 is 1.45 bits per heavy atom. The molecule has 49 heavy (non-hydrogen) atoms. The number of aromatic nitrogens is 1. The van der Waals surface area contributed by atoms with Crippen LogP contribution in [0.4, 0.5) is 26.7 Å². The van der Waals surface area contributed by atoms with Gasteiger partial charge in [0.15, 0.2) is 0 Å². The molecular formula is C39H45N5O5. The second-order valence-electron chi connectivity index (χ2n) is 14.7. The molecule has 0 unspecified atom stereocenters. The first kappa shape index (κ1) is 33.8. The van der Waals surface area contributed by atoms with Gasteiger partial charge in [0.25, 0.3) is 5.91 Å². The molecule has 10 nitrogen and oxygen atoms in total. The number of carbonyl (C=O) groups is 3. The molecule has 0 spiro atoms. The number of anilines is 3. The van der Waals surface area contributed by atoms with Crippen molar-refractivity contribution >= 4 is 45.9 Å². The smallest absolute Gasteiger partial charge is 0.412 e. The van der Waals surface area contributed by atoms with Gasteiger partial charge in [-0.15, -0.1) is 0 Å². The molecule has 1 aliphatic carbocycles. The minimum absolute atomic E-state index is 0.265. The first-order chi connectivity index (χ1) is 23.2. The number of nitrogens with one attached hydrogen (secondary N) is 2. The summed E-state index contributed by atoms with van der Waals surface area (Å²) in [4.78, 5) is 47.8. The third-order valence-corrected chi connectivity index (χ3v) is 8.42. The Bertz CT molecular complexity index is 1870. The number of ether oxygens (including phenoxy) is 2. The molecule has 2 aliphatic rings. The lowest BCUT2D eigenvalue weighted by Gasteiger charge is -2.37. The van der Waals surface area contributed by atoms with E-state index in [1.54, 1.807) is 37.9 Å². The summed E-state index contributed by atoms with van der Waals surface area (Å²) < 4.78 is 11.1. The monoisotopic (exact) mass is 663 g/mol. The van der Waals surface area contributed by atoms with Crippen LogP contribution in [0.3, 0.4) is 0 Å². The molecule has 256 valence electrons. The van der Waals surface area contributed by atoms with Gasteiger partial charge in [0.05, 0.1) is 11.4 Å². The number of fused-ring (bicyclic) bond motifs is 1. The number of benzene rings is 3. The lowest BCUT2D eigenvalue weighted by Crippen LogP contribution is -2.50. The van der Waals surface area contributed by atoms with Crippen molar-refractivity contribution < 1.29 is 23.9 Å². The molecule has 0 atom stereocenters. The minimum atomic E-state index is -0.680. The molecule has 1 aliphatic heterocycles. The predicted octanol–water partition coefficient (Wildman–Crippen LogP) is 8.44. The largest absolute Gasteiger partial charge is 0.444 e. The zero-order valence-electron chi connectivity index (χ0n) is 29.1. The van der Waals surface area contributed by atoms with E-state index in [2.05, 4.69) is 26.6 Å².